The van der Waals surface area contributed by atoms with Gasteiger partial charge in [-0.3, -0.25) is 14.9 Å². The van der Waals surface area contributed by atoms with E-state index < -0.39 is 30.0 Å². The molecule has 2 aromatic rings. The maximum atomic E-state index is 11.9. The van der Waals surface area contributed by atoms with E-state index in [2.05, 4.69) is 5.32 Å². The molecule has 2 aromatic carbocycles. The number of anilines is 1. The van der Waals surface area contributed by atoms with Crippen molar-refractivity contribution in [3.63, 3.8) is 0 Å². The lowest BCUT2D eigenvalue weighted by Gasteiger charge is -2.10. The van der Waals surface area contributed by atoms with Crippen LogP contribution in [0.25, 0.3) is 0 Å². The number of aryl methyl sites for hydroxylation is 1. The molecule has 26 heavy (non-hydrogen) atoms. The summed E-state index contributed by atoms with van der Waals surface area (Å²) < 4.78 is 9.93. The number of nitrogens with zero attached hydrogens (tertiary/aromatic N) is 1. The number of carbonyl (C=O) groups is 2. The fourth-order valence-electron chi connectivity index (χ4n) is 2.19. The quantitative estimate of drug-likeness (QED) is 0.442. The number of nitrogens with one attached hydrogen (secondary N) is 1. The van der Waals surface area contributed by atoms with Crippen LogP contribution in [-0.2, 0) is 20.7 Å². The van der Waals surface area contributed by atoms with E-state index in [4.69, 9.17) is 9.47 Å². The smallest absolute Gasteiger partial charge is 0.344 e. The summed E-state index contributed by atoms with van der Waals surface area (Å²) in [4.78, 5) is 33.8. The number of ether oxygens (including phenoxy) is 2. The number of hydrogen-bond donors (Lipinski definition) is 1. The molecule has 0 bridgehead atoms. The minimum absolute atomic E-state index is 0.0456. The van der Waals surface area contributed by atoms with Crippen LogP contribution in [0.4, 0.5) is 11.4 Å². The van der Waals surface area contributed by atoms with Crippen molar-refractivity contribution in [1.29, 1.82) is 0 Å². The highest BCUT2D eigenvalue weighted by atomic mass is 16.6. The number of para-hydroxylation sites is 3. The number of nitro groups is 1. The Kier molecular flexibility index (Phi) is 6.67. The third-order valence-corrected chi connectivity index (χ3v) is 3.44. The minimum atomic E-state index is -0.804. The molecule has 0 aliphatic carbocycles. The van der Waals surface area contributed by atoms with Gasteiger partial charge in [0.1, 0.15) is 0 Å². The molecule has 0 radical (unpaired) electrons. The summed E-state index contributed by atoms with van der Waals surface area (Å²) in [6.07, 6.45) is 0.750. The monoisotopic (exact) mass is 358 g/mol. The Bertz CT molecular complexity index is 806. The molecule has 0 spiro atoms. The molecule has 8 heteroatoms. The van der Waals surface area contributed by atoms with Gasteiger partial charge in [-0.25, -0.2) is 4.79 Å². The largest absolute Gasteiger partial charge is 0.475 e. The standard InChI is InChI=1S/C18H18N2O6/c1-2-13-7-3-4-8-14(13)19-17(21)11-26-18(22)12-25-16-10-6-5-9-15(16)20(23)24/h3-10H,2,11-12H2,1H3,(H,19,21). The molecule has 1 N–H and O–H groups in total. The molecule has 0 saturated carbocycles. The molecule has 0 aliphatic rings. The van der Waals surface area contributed by atoms with Gasteiger partial charge in [0, 0.05) is 11.8 Å². The Morgan fingerprint density at radius 3 is 2.50 bits per heavy atom. The molecular weight excluding hydrogens is 340 g/mol. The van der Waals surface area contributed by atoms with Crippen LogP contribution < -0.4 is 10.1 Å². The molecule has 136 valence electrons. The van der Waals surface area contributed by atoms with Gasteiger partial charge in [-0.15, -0.1) is 0 Å². The summed E-state index contributed by atoms with van der Waals surface area (Å²) in [5, 5.41) is 13.5. The van der Waals surface area contributed by atoms with Crippen molar-refractivity contribution in [3.05, 3.63) is 64.2 Å². The van der Waals surface area contributed by atoms with Crippen molar-refractivity contribution >= 4 is 23.3 Å². The summed E-state index contributed by atoms with van der Waals surface area (Å²) in [5.74, 6) is -1.33. The highest BCUT2D eigenvalue weighted by molar-refractivity contribution is 5.93. The number of benzene rings is 2. The zero-order chi connectivity index (χ0) is 18.9. The highest BCUT2D eigenvalue weighted by Gasteiger charge is 2.16. The van der Waals surface area contributed by atoms with Crippen molar-refractivity contribution in [2.75, 3.05) is 18.5 Å². The van der Waals surface area contributed by atoms with E-state index in [1.165, 1.54) is 18.2 Å². The Morgan fingerprint density at radius 2 is 1.77 bits per heavy atom. The molecule has 2 rings (SSSR count). The number of nitro benzene ring substituents is 1. The van der Waals surface area contributed by atoms with Crippen LogP contribution in [0.15, 0.2) is 48.5 Å². The van der Waals surface area contributed by atoms with Crippen LogP contribution in [0, 0.1) is 10.1 Å². The molecular formula is C18H18N2O6. The first-order valence-corrected chi connectivity index (χ1v) is 7.91. The third-order valence-electron chi connectivity index (χ3n) is 3.44. The molecule has 0 atom stereocenters. The summed E-state index contributed by atoms with van der Waals surface area (Å²) in [6, 6.07) is 13.0. The fraction of sp³-hybridized carbons (Fsp3) is 0.222. The normalized spacial score (nSPS) is 10.0. The number of carbonyl (C=O) groups excluding carboxylic acids is 2. The van der Waals surface area contributed by atoms with E-state index in [1.807, 2.05) is 19.1 Å². The highest BCUT2D eigenvalue weighted by Crippen LogP contribution is 2.25. The van der Waals surface area contributed by atoms with Crippen molar-refractivity contribution in [3.8, 4) is 5.75 Å². The Morgan fingerprint density at radius 1 is 1.08 bits per heavy atom. The molecule has 0 aromatic heterocycles. The lowest BCUT2D eigenvalue weighted by Crippen LogP contribution is -2.24. The minimum Gasteiger partial charge on any atom is -0.475 e. The average Bonchev–Trinajstić information content (AvgIpc) is 2.65. The van der Waals surface area contributed by atoms with Gasteiger partial charge in [-0.2, -0.15) is 0 Å². The first-order chi connectivity index (χ1) is 12.5. The van der Waals surface area contributed by atoms with Gasteiger partial charge >= 0.3 is 11.7 Å². The second-order valence-electron chi connectivity index (χ2n) is 5.23. The van der Waals surface area contributed by atoms with Crippen LogP contribution in [-0.4, -0.2) is 30.0 Å². The average molecular weight is 358 g/mol. The zero-order valence-corrected chi connectivity index (χ0v) is 14.1. The van der Waals surface area contributed by atoms with E-state index in [0.29, 0.717) is 5.69 Å². The Hall–Kier alpha value is -3.42. The summed E-state index contributed by atoms with van der Waals surface area (Å²) in [7, 11) is 0. The Labute approximate surface area is 149 Å². The molecule has 0 unspecified atom stereocenters. The summed E-state index contributed by atoms with van der Waals surface area (Å²) >= 11 is 0. The van der Waals surface area contributed by atoms with Crippen molar-refractivity contribution in [1.82, 2.24) is 0 Å². The molecule has 0 heterocycles. The predicted octanol–water partition coefficient (Wildman–Crippen LogP) is 2.72. The van der Waals surface area contributed by atoms with Crippen molar-refractivity contribution in [2.45, 2.75) is 13.3 Å². The van der Waals surface area contributed by atoms with Crippen LogP contribution in [0.1, 0.15) is 12.5 Å². The van der Waals surface area contributed by atoms with Crippen LogP contribution in [0.2, 0.25) is 0 Å². The van der Waals surface area contributed by atoms with Gasteiger partial charge < -0.3 is 14.8 Å². The number of amides is 1. The van der Waals surface area contributed by atoms with Gasteiger partial charge in [0.2, 0.25) is 0 Å². The SMILES string of the molecule is CCc1ccccc1NC(=O)COC(=O)COc1ccccc1[N+](=O)[O-]. The molecule has 1 amide bonds. The van der Waals surface area contributed by atoms with E-state index >= 15 is 0 Å². The zero-order valence-electron chi connectivity index (χ0n) is 14.1. The number of esters is 1. The predicted molar refractivity (Wildman–Crippen MR) is 94.0 cm³/mol. The fourth-order valence-corrected chi connectivity index (χ4v) is 2.19. The van der Waals surface area contributed by atoms with Crippen LogP contribution in [0.3, 0.4) is 0 Å². The van der Waals surface area contributed by atoms with Crippen molar-refractivity contribution < 1.29 is 24.0 Å². The van der Waals surface area contributed by atoms with Crippen molar-refractivity contribution in [2.24, 2.45) is 0 Å². The van der Waals surface area contributed by atoms with Crippen LogP contribution >= 0.6 is 0 Å². The maximum absolute atomic E-state index is 11.9. The van der Waals surface area contributed by atoms with Gasteiger partial charge in [-0.1, -0.05) is 37.3 Å². The van der Waals surface area contributed by atoms with E-state index in [9.17, 15) is 19.7 Å². The molecule has 0 saturated heterocycles. The van der Waals surface area contributed by atoms with E-state index in [1.54, 1.807) is 18.2 Å². The lowest BCUT2D eigenvalue weighted by atomic mass is 10.1. The second-order valence-corrected chi connectivity index (χ2v) is 5.23. The van der Waals surface area contributed by atoms with Crippen LogP contribution in [0.5, 0.6) is 5.75 Å². The van der Waals surface area contributed by atoms with Gasteiger partial charge in [0.05, 0.1) is 4.92 Å². The van der Waals surface area contributed by atoms with Gasteiger partial charge in [0.25, 0.3) is 5.91 Å². The number of rotatable bonds is 8. The molecule has 0 fully saturated rings. The second kappa shape index (κ2) is 9.16. The topological polar surface area (TPSA) is 108 Å². The van der Waals surface area contributed by atoms with E-state index in [-0.39, 0.29) is 11.4 Å². The first kappa shape index (κ1) is 18.9. The van der Waals surface area contributed by atoms with Gasteiger partial charge in [-0.05, 0) is 24.1 Å². The number of hydrogen-bond acceptors (Lipinski definition) is 6. The maximum Gasteiger partial charge on any atom is 0.344 e. The lowest BCUT2D eigenvalue weighted by molar-refractivity contribution is -0.385. The van der Waals surface area contributed by atoms with E-state index in [0.717, 1.165) is 12.0 Å². The summed E-state index contributed by atoms with van der Waals surface area (Å²) in [5.41, 5.74) is 1.37. The third kappa shape index (κ3) is 5.30. The molecule has 8 nitrogen and oxygen atoms in total. The van der Waals surface area contributed by atoms with Gasteiger partial charge in [0.15, 0.2) is 19.0 Å². The summed E-state index contributed by atoms with van der Waals surface area (Å²) in [6.45, 7) is 0.950. The Balaban J connectivity index is 1.82. The molecule has 0 aliphatic heterocycles. The first-order valence-electron chi connectivity index (χ1n) is 7.91.